The quantitative estimate of drug-likeness (QED) is 0.355. The first-order valence-electron chi connectivity index (χ1n) is 15.4. The Kier molecular flexibility index (Phi) is 6.58. The van der Waals surface area contributed by atoms with Crippen LogP contribution in [-0.4, -0.2) is 75.7 Å². The summed E-state index contributed by atoms with van der Waals surface area (Å²) in [6, 6.07) is 2.33. The predicted molar refractivity (Wildman–Crippen MR) is 157 cm³/mol. The van der Waals surface area contributed by atoms with Gasteiger partial charge in [-0.1, -0.05) is 11.6 Å². The fourth-order valence-corrected chi connectivity index (χ4v) is 7.56. The van der Waals surface area contributed by atoms with Crippen LogP contribution in [0.3, 0.4) is 0 Å². The molecule has 42 heavy (non-hydrogen) atoms. The van der Waals surface area contributed by atoms with Gasteiger partial charge in [0, 0.05) is 30.4 Å². The van der Waals surface area contributed by atoms with Crippen LogP contribution in [-0.2, 0) is 23.2 Å². The van der Waals surface area contributed by atoms with E-state index in [1.807, 2.05) is 23.1 Å². The molecule has 3 atom stereocenters. The van der Waals surface area contributed by atoms with Gasteiger partial charge in [-0.05, 0) is 85.4 Å². The minimum Gasteiger partial charge on any atom is -0.389 e. The molecule has 2 aliphatic carbocycles. The van der Waals surface area contributed by atoms with Crippen molar-refractivity contribution in [3.05, 3.63) is 29.8 Å². The smallest absolute Gasteiger partial charge is 0.184 e. The Balaban J connectivity index is 1.34. The Bertz CT molecular complexity index is 1650. The van der Waals surface area contributed by atoms with E-state index in [-0.39, 0.29) is 11.8 Å². The summed E-state index contributed by atoms with van der Waals surface area (Å²) < 4.78 is 9.76. The van der Waals surface area contributed by atoms with Gasteiger partial charge in [-0.15, -0.1) is 0 Å². The van der Waals surface area contributed by atoms with E-state index in [1.54, 1.807) is 18.5 Å². The maximum Gasteiger partial charge on any atom is 0.184 e. The average molecular weight is 573 g/mol. The second-order valence-electron chi connectivity index (χ2n) is 13.3. The lowest BCUT2D eigenvalue weighted by molar-refractivity contribution is -0.128. The molecule has 222 valence electrons. The molecular weight excluding hydrogens is 532 g/mol. The number of likely N-dealkylation sites (N-methyl/N-ethyl adjacent to an activating group) is 1. The third-order valence-electron chi connectivity index (χ3n) is 9.66. The Morgan fingerprint density at radius 1 is 1.14 bits per heavy atom. The summed E-state index contributed by atoms with van der Waals surface area (Å²) in [6.45, 7) is 7.17. The molecule has 0 aromatic carbocycles. The monoisotopic (exact) mass is 572 g/mol. The number of hydrogen-bond donors (Lipinski definition) is 1. The number of likely N-dealkylation sites (tertiary alicyclic amines) is 1. The maximum atomic E-state index is 13.2. The number of fused-ring (bicyclic) bond motifs is 3. The van der Waals surface area contributed by atoms with Crippen molar-refractivity contribution in [1.82, 2.24) is 39.6 Å². The maximum absolute atomic E-state index is 13.2. The molecule has 11 heteroatoms. The van der Waals surface area contributed by atoms with Gasteiger partial charge in [-0.2, -0.15) is 10.2 Å². The first-order chi connectivity index (χ1) is 20.1. The summed E-state index contributed by atoms with van der Waals surface area (Å²) in [5, 5.41) is 25.5. The zero-order chi connectivity index (χ0) is 29.2. The normalized spacial score (nSPS) is 24.1. The van der Waals surface area contributed by atoms with Crippen LogP contribution in [0.15, 0.2) is 23.0 Å². The summed E-state index contributed by atoms with van der Waals surface area (Å²) in [5.74, 6) is 1.53. The van der Waals surface area contributed by atoms with E-state index in [9.17, 15) is 9.90 Å². The molecule has 5 heterocycles. The van der Waals surface area contributed by atoms with Crippen LogP contribution in [0.2, 0.25) is 0 Å². The zero-order valence-corrected chi connectivity index (χ0v) is 25.0. The first-order valence-corrected chi connectivity index (χ1v) is 15.4. The zero-order valence-electron chi connectivity index (χ0n) is 25.0. The number of hydrogen-bond acceptors (Lipinski definition) is 9. The number of aromatic nitrogens is 7. The Morgan fingerprint density at radius 2 is 1.98 bits per heavy atom. The van der Waals surface area contributed by atoms with Crippen molar-refractivity contribution >= 4 is 16.8 Å². The highest BCUT2D eigenvalue weighted by Gasteiger charge is 2.48. The van der Waals surface area contributed by atoms with Gasteiger partial charge in [0.15, 0.2) is 22.9 Å². The van der Waals surface area contributed by atoms with Gasteiger partial charge in [0.2, 0.25) is 0 Å². The molecule has 0 bridgehead atoms. The molecular formula is C31H40N8O3. The molecule has 4 aromatic heterocycles. The highest BCUT2D eigenvalue weighted by Crippen LogP contribution is 2.47. The number of rotatable bonds is 6. The van der Waals surface area contributed by atoms with E-state index in [2.05, 4.69) is 24.0 Å². The lowest BCUT2D eigenvalue weighted by Crippen LogP contribution is -2.41. The number of carbonyl (C=O) groups is 1. The molecule has 2 fully saturated rings. The third kappa shape index (κ3) is 4.48. The van der Waals surface area contributed by atoms with Crippen molar-refractivity contribution < 1.29 is 14.4 Å². The largest absolute Gasteiger partial charge is 0.389 e. The van der Waals surface area contributed by atoms with Crippen molar-refractivity contribution in [2.75, 3.05) is 13.6 Å². The topological polar surface area (TPSA) is 128 Å². The summed E-state index contributed by atoms with van der Waals surface area (Å²) in [4.78, 5) is 25.5. The number of carbonyl (C=O) groups excluding carboxylic acids is 1. The molecule has 0 unspecified atom stereocenters. The summed E-state index contributed by atoms with van der Waals surface area (Å²) in [7, 11) is 2.17. The van der Waals surface area contributed by atoms with Crippen molar-refractivity contribution in [1.29, 1.82) is 0 Å². The van der Waals surface area contributed by atoms with Gasteiger partial charge < -0.3 is 14.5 Å². The van der Waals surface area contributed by atoms with Crippen LogP contribution in [0.1, 0.15) is 89.5 Å². The van der Waals surface area contributed by atoms with Crippen LogP contribution >= 0.6 is 0 Å². The first kappa shape index (κ1) is 27.4. The molecule has 0 radical (unpaired) electrons. The lowest BCUT2D eigenvalue weighted by atomic mass is 9.64. The number of nitrogens with zero attached hydrogens (tertiary/aromatic N) is 8. The van der Waals surface area contributed by atoms with Gasteiger partial charge >= 0.3 is 0 Å². The molecule has 1 aliphatic heterocycles. The predicted octanol–water partition coefficient (Wildman–Crippen LogP) is 4.49. The van der Waals surface area contributed by atoms with E-state index in [4.69, 9.17) is 24.7 Å². The van der Waals surface area contributed by atoms with Crippen LogP contribution < -0.4 is 0 Å². The summed E-state index contributed by atoms with van der Waals surface area (Å²) >= 11 is 0. The molecule has 1 saturated heterocycles. The van der Waals surface area contributed by atoms with E-state index in [0.29, 0.717) is 41.9 Å². The fourth-order valence-electron chi connectivity index (χ4n) is 7.56. The van der Waals surface area contributed by atoms with Gasteiger partial charge in [0.25, 0.3) is 0 Å². The molecule has 4 aromatic rings. The van der Waals surface area contributed by atoms with Gasteiger partial charge in [0.05, 0.1) is 29.0 Å². The molecule has 0 amide bonds. The van der Waals surface area contributed by atoms with Crippen LogP contribution in [0, 0.1) is 0 Å². The van der Waals surface area contributed by atoms with Gasteiger partial charge in [-0.25, -0.2) is 14.6 Å². The third-order valence-corrected chi connectivity index (χ3v) is 9.66. The van der Waals surface area contributed by atoms with Crippen molar-refractivity contribution in [3.8, 4) is 22.9 Å². The SMILES string of the molecule is C[C@@H]([C@@H]1CCCN1C)n1nc(-c2ccn(CC(C)(C)O)n2)c2cnc(-c3noc4c3CCC[C@@]43CCCCC3=O)nc21. The van der Waals surface area contributed by atoms with E-state index in [0.717, 1.165) is 80.3 Å². The molecule has 1 spiro atoms. The minimum absolute atomic E-state index is 0.0734. The number of ketones is 1. The Labute approximate surface area is 245 Å². The van der Waals surface area contributed by atoms with E-state index in [1.165, 1.54) is 0 Å². The Morgan fingerprint density at radius 3 is 2.74 bits per heavy atom. The second-order valence-corrected chi connectivity index (χ2v) is 13.3. The molecule has 1 N–H and O–H groups in total. The number of Topliss-reactive ketones (excluding diaryl/α,β-unsaturated/α-hetero) is 1. The van der Waals surface area contributed by atoms with Gasteiger partial charge in [-0.3, -0.25) is 9.48 Å². The van der Waals surface area contributed by atoms with Gasteiger partial charge in [0.1, 0.15) is 17.2 Å². The Hall–Kier alpha value is -3.44. The molecule has 1 saturated carbocycles. The van der Waals surface area contributed by atoms with Crippen LogP contribution in [0.4, 0.5) is 0 Å². The van der Waals surface area contributed by atoms with Crippen LogP contribution in [0.25, 0.3) is 33.9 Å². The number of aliphatic hydroxyl groups is 1. The lowest BCUT2D eigenvalue weighted by Gasteiger charge is -2.36. The summed E-state index contributed by atoms with van der Waals surface area (Å²) in [6.07, 6.45) is 11.9. The van der Waals surface area contributed by atoms with Crippen LogP contribution in [0.5, 0.6) is 0 Å². The molecule has 3 aliphatic rings. The highest BCUT2D eigenvalue weighted by molar-refractivity contribution is 5.92. The molecule has 7 rings (SSSR count). The fraction of sp³-hybridized carbons (Fsp3) is 0.613. The second kappa shape index (κ2) is 10.1. The highest BCUT2D eigenvalue weighted by atomic mass is 16.5. The van der Waals surface area contributed by atoms with E-state index >= 15 is 0 Å². The molecule has 11 nitrogen and oxygen atoms in total. The standard InChI is InChI=1S/C31H40N8O3/c1-19(23-10-8-15-37(23)4)39-29-21(25(35-39)22-12-16-38(34-22)18-30(2,3)41)17-32-28(33-29)26-20-9-7-14-31(27(20)42-36-26)13-6-5-11-24(31)40/h12,16-17,19,23,41H,5-11,13-15,18H2,1-4H3/t19-,23-,31+/m0/s1. The average Bonchev–Trinajstić information content (AvgIpc) is 3.75. The summed E-state index contributed by atoms with van der Waals surface area (Å²) in [5.41, 5.74) is 2.35. The van der Waals surface area contributed by atoms with Crippen molar-refractivity contribution in [2.45, 2.75) is 108 Å². The van der Waals surface area contributed by atoms with Crippen molar-refractivity contribution in [3.63, 3.8) is 0 Å². The minimum atomic E-state index is -0.887. The van der Waals surface area contributed by atoms with E-state index < -0.39 is 11.0 Å². The van der Waals surface area contributed by atoms with Crippen molar-refractivity contribution in [2.24, 2.45) is 0 Å².